The van der Waals surface area contributed by atoms with E-state index in [1.54, 1.807) is 0 Å². The second-order valence-electron chi connectivity index (χ2n) is 1.18. The topological polar surface area (TPSA) is 34.0 Å². The van der Waals surface area contributed by atoms with Crippen LogP contribution in [0.3, 0.4) is 0 Å². The Morgan fingerprint density at radius 1 is 1.50 bits per heavy atom. The van der Waals surface area contributed by atoms with Gasteiger partial charge in [-0.15, -0.1) is 5.11 Å². The third kappa shape index (κ3) is 1.05. The fourth-order valence-corrected chi connectivity index (χ4v) is 0.457. The highest BCUT2D eigenvalue weighted by molar-refractivity contribution is 7.89. The summed E-state index contributed by atoms with van der Waals surface area (Å²) in [4.78, 5) is 5.40. The standard InChI is InChI=1S/C3H2N2OS2/c7-2-1-6-5-4-3(2)8/h1H2. The first-order valence-corrected chi connectivity index (χ1v) is 2.72. The van der Waals surface area contributed by atoms with E-state index in [1.165, 1.54) is 0 Å². The van der Waals surface area contributed by atoms with E-state index >= 15 is 0 Å². The molecule has 3 nitrogen and oxygen atoms in total. The lowest BCUT2D eigenvalue weighted by Gasteiger charge is -2.02. The van der Waals surface area contributed by atoms with Crippen molar-refractivity contribution in [3.05, 3.63) is 0 Å². The summed E-state index contributed by atoms with van der Waals surface area (Å²) in [5.41, 5.74) is 0. The first-order valence-electron chi connectivity index (χ1n) is 1.91. The molecule has 1 aliphatic rings. The molecule has 0 saturated heterocycles. The average Bonchev–Trinajstić information content (AvgIpc) is 1.77. The van der Waals surface area contributed by atoms with Crippen LogP contribution in [0.1, 0.15) is 0 Å². The van der Waals surface area contributed by atoms with Crippen molar-refractivity contribution in [2.24, 2.45) is 10.4 Å². The fourth-order valence-electron chi connectivity index (χ4n) is 0.271. The highest BCUT2D eigenvalue weighted by Gasteiger charge is 2.07. The zero-order valence-corrected chi connectivity index (χ0v) is 5.46. The van der Waals surface area contributed by atoms with Crippen LogP contribution in [0.15, 0.2) is 10.4 Å². The first kappa shape index (κ1) is 5.71. The van der Waals surface area contributed by atoms with Crippen LogP contribution < -0.4 is 0 Å². The quantitative estimate of drug-likeness (QED) is 0.479. The van der Waals surface area contributed by atoms with E-state index in [-0.39, 0.29) is 0 Å². The van der Waals surface area contributed by atoms with Gasteiger partial charge in [-0.3, -0.25) is 0 Å². The zero-order chi connectivity index (χ0) is 5.98. The van der Waals surface area contributed by atoms with Crippen LogP contribution >= 0.6 is 24.4 Å². The summed E-state index contributed by atoms with van der Waals surface area (Å²) in [5.74, 6) is 0. The van der Waals surface area contributed by atoms with Gasteiger partial charge in [0.2, 0.25) is 0 Å². The molecule has 1 heterocycles. The van der Waals surface area contributed by atoms with Crippen LogP contribution in [0.5, 0.6) is 0 Å². The highest BCUT2D eigenvalue weighted by atomic mass is 32.1. The van der Waals surface area contributed by atoms with E-state index in [1.807, 2.05) is 0 Å². The van der Waals surface area contributed by atoms with Gasteiger partial charge in [0.1, 0.15) is 0 Å². The molecule has 0 atom stereocenters. The molecule has 5 heteroatoms. The normalized spacial score (nSPS) is 18.5. The van der Waals surface area contributed by atoms with E-state index in [9.17, 15) is 0 Å². The van der Waals surface area contributed by atoms with Gasteiger partial charge in [0.15, 0.2) is 11.6 Å². The Kier molecular flexibility index (Phi) is 1.59. The monoisotopic (exact) mass is 146 g/mol. The van der Waals surface area contributed by atoms with Crippen LogP contribution in [0, 0.1) is 0 Å². The van der Waals surface area contributed by atoms with Crippen molar-refractivity contribution in [2.75, 3.05) is 6.61 Å². The van der Waals surface area contributed by atoms with Crippen LogP contribution in [-0.2, 0) is 4.84 Å². The van der Waals surface area contributed by atoms with Crippen LogP contribution in [-0.4, -0.2) is 16.5 Å². The van der Waals surface area contributed by atoms with Crippen molar-refractivity contribution in [3.63, 3.8) is 0 Å². The van der Waals surface area contributed by atoms with E-state index in [4.69, 9.17) is 12.2 Å². The summed E-state index contributed by atoms with van der Waals surface area (Å²) in [6.07, 6.45) is 0. The molecule has 0 aromatic carbocycles. The number of hydrogen-bond donors (Lipinski definition) is 0. The Labute approximate surface area is 56.7 Å². The van der Waals surface area contributed by atoms with E-state index in [0.29, 0.717) is 16.5 Å². The van der Waals surface area contributed by atoms with Gasteiger partial charge >= 0.3 is 0 Å². The Hall–Kier alpha value is -0.420. The van der Waals surface area contributed by atoms with Crippen molar-refractivity contribution >= 4 is 34.3 Å². The lowest BCUT2D eigenvalue weighted by Crippen LogP contribution is -2.15. The van der Waals surface area contributed by atoms with E-state index < -0.39 is 0 Å². The molecule has 1 rings (SSSR count). The molecule has 0 aliphatic carbocycles. The van der Waals surface area contributed by atoms with Gasteiger partial charge in [-0.05, 0) is 0 Å². The van der Waals surface area contributed by atoms with Crippen molar-refractivity contribution in [1.82, 2.24) is 0 Å². The first-order chi connectivity index (χ1) is 3.80. The molecule has 0 N–H and O–H groups in total. The minimum absolute atomic E-state index is 0.303. The maximum atomic E-state index is 4.71. The molecule has 0 radical (unpaired) electrons. The lowest BCUT2D eigenvalue weighted by molar-refractivity contribution is 0.163. The lowest BCUT2D eigenvalue weighted by atomic mass is 10.4. The van der Waals surface area contributed by atoms with Gasteiger partial charge in [0.25, 0.3) is 0 Å². The molecule has 0 unspecified atom stereocenters. The second kappa shape index (κ2) is 2.23. The third-order valence-corrected chi connectivity index (χ3v) is 1.39. The molecule has 0 aromatic heterocycles. The minimum atomic E-state index is 0.303. The molecule has 0 fully saturated rings. The molecule has 1 aliphatic heterocycles. The maximum absolute atomic E-state index is 4.71. The van der Waals surface area contributed by atoms with Gasteiger partial charge in [-0.1, -0.05) is 24.4 Å². The Bertz CT molecular complexity index is 165. The summed E-state index contributed by atoms with van der Waals surface area (Å²) in [7, 11) is 0. The third-order valence-electron chi connectivity index (χ3n) is 0.624. The zero-order valence-electron chi connectivity index (χ0n) is 3.83. The van der Waals surface area contributed by atoms with Crippen molar-refractivity contribution in [3.8, 4) is 0 Å². The summed E-state index contributed by atoms with van der Waals surface area (Å²) in [6.45, 7) is 0.303. The second-order valence-corrected chi connectivity index (χ2v) is 2.06. The summed E-state index contributed by atoms with van der Waals surface area (Å²) in [5, 5.41) is 6.61. The fraction of sp³-hybridized carbons (Fsp3) is 0.333. The van der Waals surface area contributed by atoms with Gasteiger partial charge < -0.3 is 4.84 Å². The molecule has 0 bridgehead atoms. The summed E-state index contributed by atoms with van der Waals surface area (Å²) < 4.78 is 0. The molecule has 0 saturated carbocycles. The largest absolute Gasteiger partial charge is 0.373 e. The highest BCUT2D eigenvalue weighted by Crippen LogP contribution is 1.97. The molecular formula is C3H2N2OS2. The van der Waals surface area contributed by atoms with Crippen molar-refractivity contribution < 1.29 is 4.84 Å². The van der Waals surface area contributed by atoms with Crippen molar-refractivity contribution in [2.45, 2.75) is 0 Å². The molecule has 42 valence electrons. The average molecular weight is 146 g/mol. The van der Waals surface area contributed by atoms with E-state index in [0.717, 1.165) is 0 Å². The van der Waals surface area contributed by atoms with Crippen molar-refractivity contribution in [1.29, 1.82) is 0 Å². The van der Waals surface area contributed by atoms with Gasteiger partial charge in [0, 0.05) is 5.28 Å². The minimum Gasteiger partial charge on any atom is -0.373 e. The Morgan fingerprint density at radius 2 is 2.25 bits per heavy atom. The van der Waals surface area contributed by atoms with Crippen LogP contribution in [0.25, 0.3) is 0 Å². The number of thiocarbonyl (C=S) groups is 2. The summed E-state index contributed by atoms with van der Waals surface area (Å²) in [6, 6.07) is 0. The molecule has 0 aromatic rings. The van der Waals surface area contributed by atoms with Crippen LogP contribution in [0.2, 0.25) is 0 Å². The van der Waals surface area contributed by atoms with Gasteiger partial charge in [0.05, 0.1) is 4.86 Å². The molecule has 0 spiro atoms. The molecular weight excluding hydrogens is 144 g/mol. The SMILES string of the molecule is S=C1CON=NC1=S. The van der Waals surface area contributed by atoms with E-state index in [2.05, 4.69) is 27.4 Å². The summed E-state index contributed by atoms with van der Waals surface area (Å²) >= 11 is 9.36. The number of rotatable bonds is 0. The number of hydrogen-bond acceptors (Lipinski definition) is 4. The predicted octanol–water partition coefficient (Wildman–Crippen LogP) is 1.08. The van der Waals surface area contributed by atoms with Gasteiger partial charge in [-0.25, -0.2) is 0 Å². The maximum Gasteiger partial charge on any atom is 0.169 e. The van der Waals surface area contributed by atoms with Crippen LogP contribution in [0.4, 0.5) is 0 Å². The predicted molar refractivity (Wildman–Crippen MR) is 36.0 cm³/mol. The Balaban J connectivity index is 2.75. The Morgan fingerprint density at radius 3 is 2.62 bits per heavy atom. The molecule has 8 heavy (non-hydrogen) atoms. The molecule has 0 amide bonds. The smallest absolute Gasteiger partial charge is 0.169 e. The number of nitrogens with zero attached hydrogens (tertiary/aromatic N) is 2. The van der Waals surface area contributed by atoms with Gasteiger partial charge in [-0.2, -0.15) is 0 Å².